The SMILES string of the molecule is CCNC(=NCC(O)c1cccc(OC)c1)NCCCCc1ccc(OC)cc1.I. The van der Waals surface area contributed by atoms with E-state index >= 15 is 0 Å². The van der Waals surface area contributed by atoms with Gasteiger partial charge in [-0.2, -0.15) is 0 Å². The van der Waals surface area contributed by atoms with Crippen LogP contribution >= 0.6 is 24.0 Å². The minimum atomic E-state index is -0.671. The zero-order valence-corrected chi connectivity index (χ0v) is 20.4. The highest BCUT2D eigenvalue weighted by Crippen LogP contribution is 2.19. The summed E-state index contributed by atoms with van der Waals surface area (Å²) in [6.07, 6.45) is 2.49. The molecule has 3 N–H and O–H groups in total. The van der Waals surface area contributed by atoms with Gasteiger partial charge in [0.2, 0.25) is 0 Å². The summed E-state index contributed by atoms with van der Waals surface area (Å²) in [6.45, 7) is 3.91. The summed E-state index contributed by atoms with van der Waals surface area (Å²) in [4.78, 5) is 4.51. The molecule has 0 amide bonds. The Labute approximate surface area is 197 Å². The van der Waals surface area contributed by atoms with E-state index in [1.165, 1.54) is 5.56 Å². The Morgan fingerprint density at radius 2 is 1.73 bits per heavy atom. The van der Waals surface area contributed by atoms with Crippen LogP contribution in [-0.2, 0) is 6.42 Å². The standard InChI is InChI=1S/C23H33N3O3.HI/c1-4-24-23(26-17-22(27)19-9-7-10-21(16-19)29-3)25-15-6-5-8-18-11-13-20(28-2)14-12-18;/h7,9-14,16,22,27H,4-6,8,15,17H2,1-3H3,(H2,24,25,26);1H. The van der Waals surface area contributed by atoms with Gasteiger partial charge in [-0.15, -0.1) is 24.0 Å². The molecule has 2 aromatic carbocycles. The van der Waals surface area contributed by atoms with E-state index in [4.69, 9.17) is 9.47 Å². The Morgan fingerprint density at radius 3 is 2.40 bits per heavy atom. The fourth-order valence-electron chi connectivity index (χ4n) is 2.93. The molecule has 0 aromatic heterocycles. The lowest BCUT2D eigenvalue weighted by atomic mass is 10.1. The summed E-state index contributed by atoms with van der Waals surface area (Å²) in [7, 11) is 3.30. The molecule has 0 saturated carbocycles. The van der Waals surface area contributed by atoms with Gasteiger partial charge in [0.15, 0.2) is 5.96 Å². The van der Waals surface area contributed by atoms with Gasteiger partial charge in [-0.1, -0.05) is 24.3 Å². The fourth-order valence-corrected chi connectivity index (χ4v) is 2.93. The van der Waals surface area contributed by atoms with Gasteiger partial charge in [-0.25, -0.2) is 0 Å². The zero-order valence-electron chi connectivity index (χ0n) is 18.1. The highest BCUT2D eigenvalue weighted by molar-refractivity contribution is 14.0. The number of aryl methyl sites for hydroxylation is 1. The Balaban J connectivity index is 0.00000450. The molecule has 0 aliphatic carbocycles. The molecule has 2 aromatic rings. The average Bonchev–Trinajstić information content (AvgIpc) is 2.77. The van der Waals surface area contributed by atoms with Crippen molar-refractivity contribution >= 4 is 29.9 Å². The van der Waals surface area contributed by atoms with Gasteiger partial charge in [-0.3, -0.25) is 4.99 Å². The first-order valence-corrected chi connectivity index (χ1v) is 10.1. The third kappa shape index (κ3) is 9.21. The van der Waals surface area contributed by atoms with Crippen molar-refractivity contribution in [3.63, 3.8) is 0 Å². The average molecular weight is 527 g/mol. The van der Waals surface area contributed by atoms with E-state index in [9.17, 15) is 5.11 Å². The number of unbranched alkanes of at least 4 members (excludes halogenated alkanes) is 1. The van der Waals surface area contributed by atoms with E-state index in [1.807, 2.05) is 43.3 Å². The number of nitrogens with zero attached hydrogens (tertiary/aromatic N) is 1. The minimum Gasteiger partial charge on any atom is -0.497 e. The lowest BCUT2D eigenvalue weighted by Gasteiger charge is -2.14. The molecule has 0 aliphatic heterocycles. The first-order chi connectivity index (χ1) is 14.2. The summed E-state index contributed by atoms with van der Waals surface area (Å²) in [5.41, 5.74) is 2.11. The Morgan fingerprint density at radius 1 is 1.00 bits per heavy atom. The second kappa shape index (κ2) is 14.9. The number of nitrogens with one attached hydrogen (secondary N) is 2. The van der Waals surface area contributed by atoms with Crippen LogP contribution in [0.15, 0.2) is 53.5 Å². The summed E-state index contributed by atoms with van der Waals surface area (Å²) < 4.78 is 10.4. The van der Waals surface area contributed by atoms with E-state index in [-0.39, 0.29) is 30.5 Å². The second-order valence-electron chi connectivity index (χ2n) is 6.74. The molecule has 0 bridgehead atoms. The number of aliphatic imine (C=N–C) groups is 1. The normalized spacial score (nSPS) is 11.9. The predicted molar refractivity (Wildman–Crippen MR) is 133 cm³/mol. The molecular formula is C23H34IN3O3. The largest absolute Gasteiger partial charge is 0.497 e. The monoisotopic (exact) mass is 527 g/mol. The highest BCUT2D eigenvalue weighted by Gasteiger charge is 2.08. The van der Waals surface area contributed by atoms with Gasteiger partial charge >= 0.3 is 0 Å². The fraction of sp³-hybridized carbons (Fsp3) is 0.435. The Hall–Kier alpha value is -2.00. The van der Waals surface area contributed by atoms with Gasteiger partial charge in [-0.05, 0) is 61.6 Å². The molecule has 30 heavy (non-hydrogen) atoms. The molecule has 0 aliphatic rings. The molecule has 0 spiro atoms. The molecule has 166 valence electrons. The minimum absolute atomic E-state index is 0. The molecular weight excluding hydrogens is 493 g/mol. The lowest BCUT2D eigenvalue weighted by molar-refractivity contribution is 0.186. The maximum Gasteiger partial charge on any atom is 0.191 e. The van der Waals surface area contributed by atoms with Gasteiger partial charge in [0.25, 0.3) is 0 Å². The highest BCUT2D eigenvalue weighted by atomic mass is 127. The molecule has 6 nitrogen and oxygen atoms in total. The van der Waals surface area contributed by atoms with Gasteiger partial charge in [0.1, 0.15) is 11.5 Å². The first kappa shape index (κ1) is 26.0. The van der Waals surface area contributed by atoms with Crippen molar-refractivity contribution < 1.29 is 14.6 Å². The van der Waals surface area contributed by atoms with Crippen molar-refractivity contribution in [2.24, 2.45) is 4.99 Å². The number of ether oxygens (including phenoxy) is 2. The number of aliphatic hydroxyl groups excluding tert-OH is 1. The van der Waals surface area contributed by atoms with Crippen LogP contribution in [0, 0.1) is 0 Å². The quantitative estimate of drug-likeness (QED) is 0.179. The molecule has 0 saturated heterocycles. The van der Waals surface area contributed by atoms with Gasteiger partial charge in [0.05, 0.1) is 26.9 Å². The first-order valence-electron chi connectivity index (χ1n) is 10.1. The van der Waals surface area contributed by atoms with Crippen LogP contribution in [-0.4, -0.2) is 44.9 Å². The van der Waals surface area contributed by atoms with Crippen molar-refractivity contribution in [1.82, 2.24) is 10.6 Å². The number of halogens is 1. The summed E-state index contributed by atoms with van der Waals surface area (Å²) in [5.74, 6) is 2.34. The number of rotatable bonds is 11. The summed E-state index contributed by atoms with van der Waals surface area (Å²) in [5, 5.41) is 17.0. The molecule has 0 fully saturated rings. The smallest absolute Gasteiger partial charge is 0.191 e. The number of aliphatic hydroxyl groups is 1. The van der Waals surface area contributed by atoms with E-state index in [1.54, 1.807) is 14.2 Å². The van der Waals surface area contributed by atoms with Crippen molar-refractivity contribution in [3.8, 4) is 11.5 Å². The van der Waals surface area contributed by atoms with E-state index in [2.05, 4.69) is 27.8 Å². The summed E-state index contributed by atoms with van der Waals surface area (Å²) in [6, 6.07) is 15.6. The van der Waals surface area contributed by atoms with Crippen LogP contribution in [0.4, 0.5) is 0 Å². The van der Waals surface area contributed by atoms with E-state index in [0.717, 1.165) is 55.4 Å². The van der Waals surface area contributed by atoms with Crippen LogP contribution in [0.1, 0.15) is 37.0 Å². The van der Waals surface area contributed by atoms with Crippen molar-refractivity contribution in [2.45, 2.75) is 32.3 Å². The van der Waals surface area contributed by atoms with Crippen molar-refractivity contribution in [3.05, 3.63) is 59.7 Å². The Bertz CT molecular complexity index is 754. The molecule has 1 unspecified atom stereocenters. The van der Waals surface area contributed by atoms with Crippen LogP contribution in [0.5, 0.6) is 11.5 Å². The van der Waals surface area contributed by atoms with Crippen molar-refractivity contribution in [1.29, 1.82) is 0 Å². The van der Waals surface area contributed by atoms with E-state index in [0.29, 0.717) is 0 Å². The Kier molecular flexibility index (Phi) is 12.9. The number of hydrogen-bond acceptors (Lipinski definition) is 4. The molecule has 2 rings (SSSR count). The van der Waals surface area contributed by atoms with Gasteiger partial charge < -0.3 is 25.2 Å². The molecule has 0 heterocycles. The topological polar surface area (TPSA) is 75.1 Å². The maximum absolute atomic E-state index is 10.4. The third-order valence-corrected chi connectivity index (χ3v) is 4.59. The van der Waals surface area contributed by atoms with Gasteiger partial charge in [0, 0.05) is 13.1 Å². The molecule has 0 radical (unpaired) electrons. The van der Waals surface area contributed by atoms with Crippen LogP contribution in [0.2, 0.25) is 0 Å². The van der Waals surface area contributed by atoms with Crippen molar-refractivity contribution in [2.75, 3.05) is 33.9 Å². The number of benzene rings is 2. The maximum atomic E-state index is 10.4. The van der Waals surface area contributed by atoms with Crippen LogP contribution < -0.4 is 20.1 Å². The number of guanidine groups is 1. The number of hydrogen-bond donors (Lipinski definition) is 3. The number of methoxy groups -OCH3 is 2. The van der Waals surface area contributed by atoms with Crippen LogP contribution in [0.3, 0.4) is 0 Å². The summed E-state index contributed by atoms with van der Waals surface area (Å²) >= 11 is 0. The molecule has 7 heteroatoms. The third-order valence-electron chi connectivity index (χ3n) is 4.59. The lowest BCUT2D eigenvalue weighted by Crippen LogP contribution is -2.38. The predicted octanol–water partition coefficient (Wildman–Crippen LogP) is 3.93. The van der Waals surface area contributed by atoms with Crippen LogP contribution in [0.25, 0.3) is 0 Å². The zero-order chi connectivity index (χ0) is 20.9. The molecule has 1 atom stereocenters. The van der Waals surface area contributed by atoms with E-state index < -0.39 is 6.10 Å². The second-order valence-corrected chi connectivity index (χ2v) is 6.74.